The number of cyclic esters (lactones) is 1. The summed E-state index contributed by atoms with van der Waals surface area (Å²) in [5, 5.41) is 5.77. The lowest BCUT2D eigenvalue weighted by Crippen LogP contribution is -2.55. The van der Waals surface area contributed by atoms with Gasteiger partial charge in [-0.1, -0.05) is 42.5 Å². The van der Waals surface area contributed by atoms with Gasteiger partial charge in [0.05, 0.1) is 25.3 Å². The highest BCUT2D eigenvalue weighted by atomic mass is 19.1. The molecule has 6 nitrogen and oxygen atoms in total. The van der Waals surface area contributed by atoms with Crippen LogP contribution in [0.4, 0.5) is 13.6 Å². The first-order valence-electron chi connectivity index (χ1n) is 10.1. The molecule has 0 spiro atoms. The van der Waals surface area contributed by atoms with E-state index >= 15 is 4.39 Å². The van der Waals surface area contributed by atoms with Gasteiger partial charge in [-0.25, -0.2) is 9.18 Å². The van der Waals surface area contributed by atoms with E-state index in [1.165, 1.54) is 11.8 Å². The first-order chi connectivity index (χ1) is 14.4. The van der Waals surface area contributed by atoms with E-state index in [2.05, 4.69) is 10.6 Å². The summed E-state index contributed by atoms with van der Waals surface area (Å²) in [4.78, 5) is 25.3. The van der Waals surface area contributed by atoms with Crippen LogP contribution in [0.15, 0.2) is 48.3 Å². The van der Waals surface area contributed by atoms with Crippen molar-refractivity contribution in [1.82, 2.24) is 15.5 Å². The molecule has 3 rings (SSSR count). The summed E-state index contributed by atoms with van der Waals surface area (Å²) in [6.45, 7) is 2.04. The zero-order valence-electron chi connectivity index (χ0n) is 17.0. The number of halogens is 2. The molecule has 2 amide bonds. The topological polar surface area (TPSA) is 70.7 Å². The van der Waals surface area contributed by atoms with Gasteiger partial charge in [0.1, 0.15) is 11.9 Å². The van der Waals surface area contributed by atoms with Crippen molar-refractivity contribution >= 4 is 17.6 Å². The van der Waals surface area contributed by atoms with Crippen molar-refractivity contribution in [2.75, 3.05) is 32.9 Å². The number of allylic oxidation sites excluding steroid dienone is 2. The third kappa shape index (κ3) is 5.05. The van der Waals surface area contributed by atoms with E-state index in [4.69, 9.17) is 4.74 Å². The van der Waals surface area contributed by atoms with Crippen molar-refractivity contribution < 1.29 is 23.1 Å². The van der Waals surface area contributed by atoms with Crippen LogP contribution in [0.3, 0.4) is 0 Å². The minimum atomic E-state index is -0.971. The quantitative estimate of drug-likeness (QED) is 0.604. The Morgan fingerprint density at radius 1 is 1.33 bits per heavy atom. The van der Waals surface area contributed by atoms with Crippen molar-refractivity contribution in [2.45, 2.75) is 31.4 Å². The summed E-state index contributed by atoms with van der Waals surface area (Å²) in [5.41, 5.74) is 0.274. The van der Waals surface area contributed by atoms with Crippen molar-refractivity contribution in [3.63, 3.8) is 0 Å². The number of carbonyl (C=O) groups is 2. The lowest BCUT2D eigenvalue weighted by Gasteiger charge is -2.40. The van der Waals surface area contributed by atoms with E-state index in [1.54, 1.807) is 6.08 Å². The van der Waals surface area contributed by atoms with E-state index in [0.29, 0.717) is 18.5 Å². The monoisotopic (exact) mass is 419 g/mol. The van der Waals surface area contributed by atoms with Gasteiger partial charge < -0.3 is 15.4 Å². The summed E-state index contributed by atoms with van der Waals surface area (Å²) in [6, 6.07) is 9.21. The van der Waals surface area contributed by atoms with E-state index < -0.39 is 24.4 Å². The second-order valence-electron chi connectivity index (χ2n) is 7.57. The summed E-state index contributed by atoms with van der Waals surface area (Å²) < 4.78 is 33.1. The van der Waals surface area contributed by atoms with E-state index in [9.17, 15) is 14.0 Å². The zero-order chi connectivity index (χ0) is 21.6. The number of nitrogens with zero attached hydrogens (tertiary/aromatic N) is 1. The third-order valence-corrected chi connectivity index (χ3v) is 5.31. The first-order valence-corrected chi connectivity index (χ1v) is 10.1. The standard InChI is InChI=1S/C22H27F2N3O3/c1-16(28)26-13-18-14-27(21(29)30-18)22(15-25-11-5-10-23)9-8-19(20(24)12-22)17-6-3-2-4-7-17/h2-4,6-9,18,25H,5,10-15H2,1H3,(H,26,28)/t18-,22?/m0/s1. The number of benzene rings is 1. The summed E-state index contributed by atoms with van der Waals surface area (Å²) in [6.07, 6.45) is 2.77. The number of rotatable bonds is 9. The lowest BCUT2D eigenvalue weighted by atomic mass is 9.84. The Hall–Kier alpha value is -2.74. The Labute approximate surface area is 175 Å². The van der Waals surface area contributed by atoms with Gasteiger partial charge in [-0.05, 0) is 18.5 Å². The van der Waals surface area contributed by atoms with Gasteiger partial charge in [0.25, 0.3) is 0 Å². The summed E-state index contributed by atoms with van der Waals surface area (Å²) in [7, 11) is 0. The molecule has 1 aliphatic heterocycles. The Bertz CT molecular complexity index is 828. The number of amides is 2. The van der Waals surface area contributed by atoms with Crippen LogP contribution in [0.5, 0.6) is 0 Å². The first kappa shape index (κ1) is 22.0. The molecule has 162 valence electrons. The van der Waals surface area contributed by atoms with Gasteiger partial charge in [-0.2, -0.15) is 0 Å². The average molecular weight is 419 g/mol. The smallest absolute Gasteiger partial charge is 0.411 e. The van der Waals surface area contributed by atoms with Crippen molar-refractivity contribution in [2.24, 2.45) is 0 Å². The summed E-state index contributed by atoms with van der Waals surface area (Å²) in [5.74, 6) is -0.541. The van der Waals surface area contributed by atoms with Gasteiger partial charge in [0.15, 0.2) is 0 Å². The Morgan fingerprint density at radius 2 is 2.10 bits per heavy atom. The number of alkyl halides is 1. The van der Waals surface area contributed by atoms with Gasteiger partial charge >= 0.3 is 6.09 Å². The number of hydrogen-bond acceptors (Lipinski definition) is 4. The van der Waals surface area contributed by atoms with E-state index in [-0.39, 0.29) is 37.8 Å². The molecule has 1 unspecified atom stereocenters. The van der Waals surface area contributed by atoms with Crippen LogP contribution < -0.4 is 10.6 Å². The Kier molecular flexibility index (Phi) is 7.20. The lowest BCUT2D eigenvalue weighted by molar-refractivity contribution is -0.119. The molecule has 1 aromatic carbocycles. The highest BCUT2D eigenvalue weighted by Crippen LogP contribution is 2.38. The number of hydrogen-bond donors (Lipinski definition) is 2. The maximum Gasteiger partial charge on any atom is 0.411 e. The van der Waals surface area contributed by atoms with E-state index in [0.717, 1.165) is 5.56 Å². The molecule has 8 heteroatoms. The molecule has 30 heavy (non-hydrogen) atoms. The number of nitrogens with one attached hydrogen (secondary N) is 2. The van der Waals surface area contributed by atoms with Crippen LogP contribution in [0.1, 0.15) is 25.3 Å². The van der Waals surface area contributed by atoms with Crippen LogP contribution in [0.2, 0.25) is 0 Å². The van der Waals surface area contributed by atoms with Gasteiger partial charge in [-0.15, -0.1) is 0 Å². The highest BCUT2D eigenvalue weighted by molar-refractivity contribution is 5.79. The van der Waals surface area contributed by atoms with Crippen LogP contribution in [-0.2, 0) is 9.53 Å². The molecule has 1 aromatic rings. The molecule has 1 saturated heterocycles. The number of carbonyl (C=O) groups excluding carboxylic acids is 2. The molecule has 2 atom stereocenters. The Balaban J connectivity index is 1.81. The van der Waals surface area contributed by atoms with Crippen molar-refractivity contribution in [1.29, 1.82) is 0 Å². The van der Waals surface area contributed by atoms with Gasteiger partial charge in [0, 0.05) is 25.5 Å². The molecular formula is C22H27F2N3O3. The van der Waals surface area contributed by atoms with Crippen LogP contribution in [0.25, 0.3) is 5.57 Å². The minimum Gasteiger partial charge on any atom is -0.442 e. The predicted molar refractivity (Wildman–Crippen MR) is 110 cm³/mol. The van der Waals surface area contributed by atoms with Crippen LogP contribution in [-0.4, -0.2) is 61.4 Å². The zero-order valence-corrected chi connectivity index (χ0v) is 17.0. The largest absolute Gasteiger partial charge is 0.442 e. The molecule has 2 aliphatic rings. The fraction of sp³-hybridized carbons (Fsp3) is 0.455. The molecule has 1 fully saturated rings. The SMILES string of the molecule is CC(=O)NC[C@H]1CN(C2(CNCCCF)C=CC(c3ccccc3)=C(F)C2)C(=O)O1. The van der Waals surface area contributed by atoms with Gasteiger partial charge in [0.2, 0.25) is 5.91 Å². The summed E-state index contributed by atoms with van der Waals surface area (Å²) >= 11 is 0. The number of ether oxygens (including phenoxy) is 1. The molecule has 0 aromatic heterocycles. The second kappa shape index (κ2) is 9.84. The highest BCUT2D eigenvalue weighted by Gasteiger charge is 2.46. The third-order valence-electron chi connectivity index (χ3n) is 5.31. The Morgan fingerprint density at radius 3 is 2.77 bits per heavy atom. The van der Waals surface area contributed by atoms with E-state index in [1.807, 2.05) is 36.4 Å². The predicted octanol–water partition coefficient (Wildman–Crippen LogP) is 2.97. The average Bonchev–Trinajstić information content (AvgIpc) is 3.12. The fourth-order valence-corrected chi connectivity index (χ4v) is 3.77. The normalized spacial score (nSPS) is 23.6. The molecular weight excluding hydrogens is 392 g/mol. The molecule has 2 N–H and O–H groups in total. The van der Waals surface area contributed by atoms with Crippen LogP contribution >= 0.6 is 0 Å². The second-order valence-corrected chi connectivity index (χ2v) is 7.57. The van der Waals surface area contributed by atoms with Gasteiger partial charge in [-0.3, -0.25) is 14.1 Å². The molecule has 0 radical (unpaired) electrons. The van der Waals surface area contributed by atoms with Crippen molar-refractivity contribution in [3.05, 3.63) is 53.9 Å². The maximum atomic E-state index is 15.2. The maximum absolute atomic E-state index is 15.2. The molecule has 0 saturated carbocycles. The van der Waals surface area contributed by atoms with Crippen molar-refractivity contribution in [3.8, 4) is 0 Å². The molecule has 1 aliphatic carbocycles. The van der Waals surface area contributed by atoms with Crippen LogP contribution in [0, 0.1) is 0 Å². The molecule has 1 heterocycles. The minimum absolute atomic E-state index is 0.0156. The molecule has 0 bridgehead atoms. The fourth-order valence-electron chi connectivity index (χ4n) is 3.77.